The van der Waals surface area contributed by atoms with Gasteiger partial charge in [-0.3, -0.25) is 9.59 Å². The average Bonchev–Trinajstić information content (AvgIpc) is 2.68. The SMILES string of the molecule is CC[C@@H](C(=O)NC)N(Cc1ccc(C)cc1)C(=O)COc1ccc(C)cc1C. The van der Waals surface area contributed by atoms with Gasteiger partial charge in [0.15, 0.2) is 6.61 Å². The lowest BCUT2D eigenvalue weighted by Crippen LogP contribution is -2.49. The highest BCUT2D eigenvalue weighted by Gasteiger charge is 2.28. The van der Waals surface area contributed by atoms with E-state index in [1.54, 1.807) is 11.9 Å². The number of nitrogens with zero attached hydrogens (tertiary/aromatic N) is 1. The van der Waals surface area contributed by atoms with E-state index in [0.29, 0.717) is 18.7 Å². The van der Waals surface area contributed by atoms with Crippen molar-refractivity contribution in [3.8, 4) is 5.75 Å². The second kappa shape index (κ2) is 9.93. The Labute approximate surface area is 167 Å². The van der Waals surface area contributed by atoms with E-state index < -0.39 is 6.04 Å². The van der Waals surface area contributed by atoms with Gasteiger partial charge in [0.2, 0.25) is 5.91 Å². The Hall–Kier alpha value is -2.82. The molecule has 0 aromatic heterocycles. The highest BCUT2D eigenvalue weighted by atomic mass is 16.5. The van der Waals surface area contributed by atoms with E-state index in [9.17, 15) is 9.59 Å². The van der Waals surface area contributed by atoms with Crippen molar-refractivity contribution >= 4 is 11.8 Å². The number of carbonyl (C=O) groups is 2. The van der Waals surface area contributed by atoms with E-state index in [1.165, 1.54) is 0 Å². The number of benzene rings is 2. The lowest BCUT2D eigenvalue weighted by Gasteiger charge is -2.30. The topological polar surface area (TPSA) is 58.6 Å². The molecule has 2 rings (SSSR count). The Morgan fingerprint density at radius 1 is 1.04 bits per heavy atom. The Morgan fingerprint density at radius 2 is 1.68 bits per heavy atom. The van der Waals surface area contributed by atoms with Gasteiger partial charge in [-0.15, -0.1) is 0 Å². The van der Waals surface area contributed by atoms with Crippen LogP contribution in [0.3, 0.4) is 0 Å². The summed E-state index contributed by atoms with van der Waals surface area (Å²) in [6, 6.07) is 13.3. The molecule has 0 aliphatic rings. The number of hydrogen-bond donors (Lipinski definition) is 1. The number of aryl methyl sites for hydroxylation is 3. The molecule has 0 saturated heterocycles. The molecule has 0 radical (unpaired) electrons. The van der Waals surface area contributed by atoms with Crippen LogP contribution >= 0.6 is 0 Å². The van der Waals surface area contributed by atoms with Gasteiger partial charge in [-0.05, 0) is 44.4 Å². The lowest BCUT2D eigenvalue weighted by molar-refractivity contribution is -0.142. The van der Waals surface area contributed by atoms with Crippen molar-refractivity contribution in [2.24, 2.45) is 0 Å². The molecular formula is C23H30N2O3. The maximum atomic E-state index is 13.0. The zero-order valence-electron chi connectivity index (χ0n) is 17.4. The summed E-state index contributed by atoms with van der Waals surface area (Å²) in [4.78, 5) is 27.0. The maximum absolute atomic E-state index is 13.0. The molecule has 0 spiro atoms. The van der Waals surface area contributed by atoms with Crippen molar-refractivity contribution in [3.63, 3.8) is 0 Å². The van der Waals surface area contributed by atoms with Crippen LogP contribution in [0.5, 0.6) is 5.75 Å². The minimum atomic E-state index is -0.540. The van der Waals surface area contributed by atoms with Crippen molar-refractivity contribution in [1.82, 2.24) is 10.2 Å². The Balaban J connectivity index is 2.19. The largest absolute Gasteiger partial charge is 0.483 e. The minimum Gasteiger partial charge on any atom is -0.483 e. The van der Waals surface area contributed by atoms with E-state index >= 15 is 0 Å². The quantitative estimate of drug-likeness (QED) is 0.760. The molecule has 0 heterocycles. The summed E-state index contributed by atoms with van der Waals surface area (Å²) >= 11 is 0. The molecule has 1 N–H and O–H groups in total. The maximum Gasteiger partial charge on any atom is 0.261 e. The molecule has 0 unspecified atom stereocenters. The van der Waals surface area contributed by atoms with E-state index in [4.69, 9.17) is 4.74 Å². The molecule has 150 valence electrons. The molecule has 5 nitrogen and oxygen atoms in total. The normalized spacial score (nSPS) is 11.6. The van der Waals surface area contributed by atoms with Crippen molar-refractivity contribution in [2.45, 2.75) is 46.7 Å². The highest BCUT2D eigenvalue weighted by Crippen LogP contribution is 2.19. The van der Waals surface area contributed by atoms with Crippen molar-refractivity contribution in [3.05, 3.63) is 64.7 Å². The predicted octanol–water partition coefficient (Wildman–Crippen LogP) is 3.54. The van der Waals surface area contributed by atoms with Gasteiger partial charge in [0.25, 0.3) is 5.91 Å². The van der Waals surface area contributed by atoms with Crippen LogP contribution in [0.4, 0.5) is 0 Å². The highest BCUT2D eigenvalue weighted by molar-refractivity contribution is 5.88. The fraction of sp³-hybridized carbons (Fsp3) is 0.391. The summed E-state index contributed by atoms with van der Waals surface area (Å²) in [5, 5.41) is 2.66. The first kappa shape index (κ1) is 21.5. The van der Waals surface area contributed by atoms with E-state index in [2.05, 4.69) is 5.32 Å². The van der Waals surface area contributed by atoms with Gasteiger partial charge in [-0.2, -0.15) is 0 Å². The molecular weight excluding hydrogens is 352 g/mol. The van der Waals surface area contributed by atoms with Gasteiger partial charge >= 0.3 is 0 Å². The number of ether oxygens (including phenoxy) is 1. The summed E-state index contributed by atoms with van der Waals surface area (Å²) < 4.78 is 5.78. The second-order valence-electron chi connectivity index (χ2n) is 7.10. The van der Waals surface area contributed by atoms with Crippen LogP contribution in [0.15, 0.2) is 42.5 Å². The summed E-state index contributed by atoms with van der Waals surface area (Å²) in [6.07, 6.45) is 0.529. The van der Waals surface area contributed by atoms with Gasteiger partial charge in [0.1, 0.15) is 11.8 Å². The molecule has 2 aromatic rings. The number of nitrogens with one attached hydrogen (secondary N) is 1. The molecule has 0 fully saturated rings. The van der Waals surface area contributed by atoms with Crippen LogP contribution in [0, 0.1) is 20.8 Å². The summed E-state index contributed by atoms with van der Waals surface area (Å²) in [7, 11) is 1.59. The Bertz CT molecular complexity index is 815. The van der Waals surface area contributed by atoms with Gasteiger partial charge < -0.3 is 15.0 Å². The zero-order valence-corrected chi connectivity index (χ0v) is 17.4. The fourth-order valence-electron chi connectivity index (χ4n) is 3.16. The predicted molar refractivity (Wildman–Crippen MR) is 111 cm³/mol. The number of hydrogen-bond acceptors (Lipinski definition) is 3. The average molecular weight is 383 g/mol. The molecule has 0 saturated carbocycles. The first-order chi connectivity index (χ1) is 13.3. The third kappa shape index (κ3) is 5.59. The molecule has 1 atom stereocenters. The smallest absolute Gasteiger partial charge is 0.261 e. The van der Waals surface area contributed by atoms with Crippen molar-refractivity contribution in [1.29, 1.82) is 0 Å². The third-order valence-corrected chi connectivity index (χ3v) is 4.79. The zero-order chi connectivity index (χ0) is 20.7. The third-order valence-electron chi connectivity index (χ3n) is 4.79. The number of amides is 2. The number of rotatable bonds is 8. The van der Waals surface area contributed by atoms with Crippen LogP contribution < -0.4 is 10.1 Å². The van der Waals surface area contributed by atoms with Crippen LogP contribution in [0.2, 0.25) is 0 Å². The molecule has 2 amide bonds. The van der Waals surface area contributed by atoms with Crippen LogP contribution in [-0.2, 0) is 16.1 Å². The van der Waals surface area contributed by atoms with E-state index in [1.807, 2.05) is 70.2 Å². The number of likely N-dealkylation sites (N-methyl/N-ethyl adjacent to an activating group) is 1. The molecule has 0 aliphatic heterocycles. The molecule has 5 heteroatoms. The Morgan fingerprint density at radius 3 is 2.25 bits per heavy atom. The lowest BCUT2D eigenvalue weighted by atomic mass is 10.1. The molecule has 2 aromatic carbocycles. The van der Waals surface area contributed by atoms with E-state index in [-0.39, 0.29) is 18.4 Å². The second-order valence-corrected chi connectivity index (χ2v) is 7.10. The first-order valence-electron chi connectivity index (χ1n) is 9.62. The first-order valence-corrected chi connectivity index (χ1v) is 9.62. The van der Waals surface area contributed by atoms with Crippen LogP contribution in [0.25, 0.3) is 0 Å². The van der Waals surface area contributed by atoms with Crippen molar-refractivity contribution in [2.75, 3.05) is 13.7 Å². The summed E-state index contributed by atoms with van der Waals surface area (Å²) in [5.41, 5.74) is 4.25. The monoisotopic (exact) mass is 382 g/mol. The van der Waals surface area contributed by atoms with E-state index in [0.717, 1.165) is 22.3 Å². The minimum absolute atomic E-state index is 0.108. The van der Waals surface area contributed by atoms with Gasteiger partial charge in [0, 0.05) is 13.6 Å². The van der Waals surface area contributed by atoms with Crippen LogP contribution in [-0.4, -0.2) is 36.4 Å². The summed E-state index contributed by atoms with van der Waals surface area (Å²) in [5.74, 6) is 0.299. The fourth-order valence-corrected chi connectivity index (χ4v) is 3.16. The summed E-state index contributed by atoms with van der Waals surface area (Å²) in [6.45, 7) is 8.14. The van der Waals surface area contributed by atoms with Gasteiger partial charge in [0.05, 0.1) is 0 Å². The standard InChI is InChI=1S/C23H30N2O3/c1-6-20(23(27)24-5)25(14-19-10-7-16(2)8-11-19)22(26)15-28-21-12-9-17(3)13-18(21)4/h7-13,20H,6,14-15H2,1-5H3,(H,24,27)/t20-/m0/s1. The van der Waals surface area contributed by atoms with Gasteiger partial charge in [-0.25, -0.2) is 0 Å². The Kier molecular flexibility index (Phi) is 7.61. The van der Waals surface area contributed by atoms with Crippen LogP contribution in [0.1, 0.15) is 35.6 Å². The van der Waals surface area contributed by atoms with Gasteiger partial charge in [-0.1, -0.05) is 54.4 Å². The molecule has 0 aliphatic carbocycles. The molecule has 0 bridgehead atoms. The van der Waals surface area contributed by atoms with Crippen molar-refractivity contribution < 1.29 is 14.3 Å². The number of carbonyl (C=O) groups excluding carboxylic acids is 2. The molecule has 28 heavy (non-hydrogen) atoms.